The minimum Gasteiger partial charge on any atom is -0.453 e. The number of H-pyrrole nitrogens is 2. The average Bonchev–Trinajstić information content (AvgIpc) is 3.78. The van der Waals surface area contributed by atoms with E-state index in [-0.39, 0.29) is 36.4 Å². The van der Waals surface area contributed by atoms with Crippen molar-refractivity contribution >= 4 is 50.1 Å². The van der Waals surface area contributed by atoms with E-state index in [0.29, 0.717) is 40.1 Å². The van der Waals surface area contributed by atoms with Gasteiger partial charge in [-0.3, -0.25) is 15.5 Å². The van der Waals surface area contributed by atoms with Crippen molar-refractivity contribution in [3.8, 4) is 0 Å². The number of nitrogens with zero attached hydrogens (tertiary/aromatic N) is 7. The first kappa shape index (κ1) is 29.8. The van der Waals surface area contributed by atoms with Gasteiger partial charge in [-0.05, 0) is 37.7 Å². The molecule has 18 heteroatoms. The van der Waals surface area contributed by atoms with Crippen molar-refractivity contribution in [2.45, 2.75) is 36.9 Å². The number of carbonyl (C=O) groups excluding carboxylic acids is 2. The summed E-state index contributed by atoms with van der Waals surface area (Å²) in [6, 6.07) is 5.91. The van der Waals surface area contributed by atoms with Gasteiger partial charge in [0.25, 0.3) is 15.9 Å². The van der Waals surface area contributed by atoms with E-state index in [4.69, 9.17) is 5.41 Å². The normalized spacial score (nSPS) is 17.9. The Hall–Kier alpha value is -4.26. The number of carbonyl (C=O) groups is 2. The molecule has 0 saturated carbocycles. The van der Waals surface area contributed by atoms with Crippen LogP contribution in [0.15, 0.2) is 29.3 Å². The number of amidine groups is 1. The zero-order valence-electron chi connectivity index (χ0n) is 24.0. The molecule has 1 unspecified atom stereocenters. The van der Waals surface area contributed by atoms with E-state index in [1.807, 2.05) is 7.05 Å². The average molecular weight is 642 g/mol. The smallest absolute Gasteiger partial charge is 0.412 e. The van der Waals surface area contributed by atoms with Gasteiger partial charge >= 0.3 is 6.09 Å². The Kier molecular flexibility index (Phi) is 8.14. The Bertz CT molecular complexity index is 1820. The summed E-state index contributed by atoms with van der Waals surface area (Å²) in [7, 11) is -0.740. The summed E-state index contributed by atoms with van der Waals surface area (Å²) in [5.74, 6) is 0.0925. The van der Waals surface area contributed by atoms with Crippen LogP contribution < -0.4 is 5.32 Å². The Labute approximate surface area is 256 Å². The number of aryl methyl sites for hydroxylation is 1. The summed E-state index contributed by atoms with van der Waals surface area (Å²) >= 11 is 1.41. The highest BCUT2D eigenvalue weighted by atomic mass is 32.2. The molecule has 0 aliphatic carbocycles. The molecular formula is C26H31N11O5S2. The largest absolute Gasteiger partial charge is 0.453 e. The fourth-order valence-corrected chi connectivity index (χ4v) is 8.07. The first-order valence-corrected chi connectivity index (χ1v) is 16.1. The van der Waals surface area contributed by atoms with Crippen LogP contribution in [-0.4, -0.2) is 117 Å². The maximum Gasteiger partial charge on any atom is 0.412 e. The van der Waals surface area contributed by atoms with Gasteiger partial charge < -0.3 is 19.5 Å². The van der Waals surface area contributed by atoms with Crippen LogP contribution in [0.4, 0.5) is 4.79 Å². The second-order valence-corrected chi connectivity index (χ2v) is 13.7. The van der Waals surface area contributed by atoms with Crippen LogP contribution in [0.5, 0.6) is 0 Å². The van der Waals surface area contributed by atoms with Crippen molar-refractivity contribution in [2.24, 2.45) is 0 Å². The Morgan fingerprint density at radius 1 is 1.23 bits per heavy atom. The molecule has 1 saturated heterocycles. The number of ether oxygens (including phenoxy) is 1. The van der Waals surface area contributed by atoms with Crippen molar-refractivity contribution in [2.75, 3.05) is 40.3 Å². The number of hydrogen-bond acceptors (Lipinski definition) is 12. The second kappa shape index (κ2) is 12.0. The molecule has 4 aromatic rings. The number of methoxy groups -OCH3 is 1. The molecule has 6 rings (SSSR count). The Morgan fingerprint density at radius 3 is 2.84 bits per heavy atom. The summed E-state index contributed by atoms with van der Waals surface area (Å²) < 4.78 is 33.7. The summed E-state index contributed by atoms with van der Waals surface area (Å²) in [5.41, 5.74) is 1.90. The number of sulfonamides is 1. The van der Waals surface area contributed by atoms with Gasteiger partial charge in [-0.1, -0.05) is 5.21 Å². The van der Waals surface area contributed by atoms with Crippen LogP contribution in [0.2, 0.25) is 0 Å². The minimum atomic E-state index is -3.98. The van der Waals surface area contributed by atoms with E-state index in [9.17, 15) is 18.0 Å². The Balaban J connectivity index is 1.23. The van der Waals surface area contributed by atoms with Gasteiger partial charge in [-0.15, -0.1) is 21.5 Å². The van der Waals surface area contributed by atoms with Crippen LogP contribution in [0, 0.1) is 5.41 Å². The summed E-state index contributed by atoms with van der Waals surface area (Å²) in [6.07, 6.45) is 0.841. The third-order valence-electron chi connectivity index (χ3n) is 7.82. The lowest BCUT2D eigenvalue weighted by Crippen LogP contribution is -2.56. The number of likely N-dealkylation sites (N-methyl/N-ethyl adjacent to an activating group) is 1. The molecule has 5 heterocycles. The molecule has 0 radical (unpaired) electrons. The van der Waals surface area contributed by atoms with E-state index in [1.165, 1.54) is 28.8 Å². The minimum absolute atomic E-state index is 0.00878. The second-order valence-electron chi connectivity index (χ2n) is 10.7. The van der Waals surface area contributed by atoms with Gasteiger partial charge in [-0.2, -0.15) is 9.52 Å². The van der Waals surface area contributed by atoms with E-state index in [1.54, 1.807) is 23.1 Å². The number of aromatic nitrogens is 6. The number of piperazine rings is 1. The fourth-order valence-electron chi connectivity index (χ4n) is 5.45. The van der Waals surface area contributed by atoms with Gasteiger partial charge in [0.05, 0.1) is 12.8 Å². The van der Waals surface area contributed by atoms with Crippen LogP contribution in [0.3, 0.4) is 0 Å². The molecule has 3 aromatic heterocycles. The molecule has 2 aliphatic rings. The molecule has 4 N–H and O–H groups in total. The van der Waals surface area contributed by atoms with Gasteiger partial charge in [0, 0.05) is 73.0 Å². The highest BCUT2D eigenvalue weighted by molar-refractivity contribution is 7.89. The SMILES string of the molecule is COC(=O)NC(=N)c1ccc2[nH]c(S(=O)(=O)N3CCN(C(=O)c4nc5c(s4)CN(C)CC5)C(CCc4nn[nH]n4)C3)cc2c1. The van der Waals surface area contributed by atoms with Crippen molar-refractivity contribution in [3.05, 3.63) is 51.2 Å². The number of nitrogens with one attached hydrogen (secondary N) is 4. The van der Waals surface area contributed by atoms with E-state index >= 15 is 0 Å². The van der Waals surface area contributed by atoms with Crippen molar-refractivity contribution in [1.82, 2.24) is 50.0 Å². The maximum atomic E-state index is 13.9. The lowest BCUT2D eigenvalue weighted by Gasteiger charge is -2.40. The molecule has 1 atom stereocenters. The summed E-state index contributed by atoms with van der Waals surface area (Å²) in [4.78, 5) is 37.9. The Morgan fingerprint density at radius 2 is 2.07 bits per heavy atom. The van der Waals surface area contributed by atoms with Crippen LogP contribution in [0.1, 0.15) is 38.2 Å². The number of fused-ring (bicyclic) bond motifs is 2. The molecule has 0 spiro atoms. The van der Waals surface area contributed by atoms with Crippen molar-refractivity contribution in [1.29, 1.82) is 5.41 Å². The molecule has 2 aliphatic heterocycles. The van der Waals surface area contributed by atoms with Gasteiger partial charge in [-0.25, -0.2) is 18.2 Å². The predicted molar refractivity (Wildman–Crippen MR) is 159 cm³/mol. The molecule has 1 aromatic carbocycles. The first-order valence-electron chi connectivity index (χ1n) is 13.9. The zero-order chi connectivity index (χ0) is 31.0. The highest BCUT2D eigenvalue weighted by Gasteiger charge is 2.38. The van der Waals surface area contributed by atoms with Gasteiger partial charge in [0.2, 0.25) is 0 Å². The molecule has 44 heavy (non-hydrogen) atoms. The molecule has 1 fully saturated rings. The number of aromatic amines is 2. The highest BCUT2D eigenvalue weighted by Crippen LogP contribution is 2.29. The zero-order valence-corrected chi connectivity index (χ0v) is 25.7. The van der Waals surface area contributed by atoms with E-state index in [2.05, 4.69) is 45.5 Å². The molecular weight excluding hydrogens is 610 g/mol. The van der Waals surface area contributed by atoms with Crippen molar-refractivity contribution < 1.29 is 22.7 Å². The standard InChI is InChI=1S/C26H31N11O5S2/c1-35-8-7-19-20(14-35)43-24(29-19)25(38)37-10-9-36(13-17(37)4-6-21-31-33-34-32-21)44(40,41)22-12-16-11-15(3-5-18(16)28-22)23(27)30-26(39)42-2/h3,5,11-12,17,28H,4,6-10,13-14H2,1-2H3,(H2,27,30,39)(H,31,32,33,34). The number of benzene rings is 1. The van der Waals surface area contributed by atoms with E-state index in [0.717, 1.165) is 30.1 Å². The summed E-state index contributed by atoms with van der Waals surface area (Å²) in [5, 5.41) is 25.4. The topological polar surface area (TPSA) is 206 Å². The van der Waals surface area contributed by atoms with Crippen LogP contribution >= 0.6 is 11.3 Å². The quantitative estimate of drug-likeness (QED) is 0.166. The van der Waals surface area contributed by atoms with Crippen LogP contribution in [-0.2, 0) is 34.1 Å². The van der Waals surface area contributed by atoms with E-state index < -0.39 is 22.2 Å². The monoisotopic (exact) mass is 641 g/mol. The van der Waals surface area contributed by atoms with Crippen LogP contribution in [0.25, 0.3) is 10.9 Å². The number of alkyl carbamates (subject to hydrolysis) is 1. The summed E-state index contributed by atoms with van der Waals surface area (Å²) in [6.45, 7) is 2.02. The van der Waals surface area contributed by atoms with Gasteiger partial charge in [0.1, 0.15) is 10.9 Å². The lowest BCUT2D eigenvalue weighted by atomic mass is 10.1. The molecule has 16 nitrogen and oxygen atoms in total. The predicted octanol–water partition coefficient (Wildman–Crippen LogP) is 0.955. The van der Waals surface area contributed by atoms with Crippen molar-refractivity contribution in [3.63, 3.8) is 0 Å². The first-order chi connectivity index (χ1) is 21.1. The molecule has 0 bridgehead atoms. The third kappa shape index (κ3) is 5.92. The fraction of sp³-hybridized carbons (Fsp3) is 0.423. The maximum absolute atomic E-state index is 13.9. The number of thiazole rings is 1. The number of amides is 2. The third-order valence-corrected chi connectivity index (χ3v) is 10.7. The van der Waals surface area contributed by atoms with Gasteiger partial charge in [0.15, 0.2) is 10.8 Å². The lowest BCUT2D eigenvalue weighted by molar-refractivity contribution is 0.0549. The number of rotatable bonds is 7. The number of tetrazole rings is 1. The molecule has 2 amide bonds. The number of hydrogen-bond donors (Lipinski definition) is 4. The molecule has 232 valence electrons.